The van der Waals surface area contributed by atoms with E-state index >= 15 is 0 Å². The third-order valence-electron chi connectivity index (χ3n) is 4.96. The highest BCUT2D eigenvalue weighted by Gasteiger charge is 2.26. The van der Waals surface area contributed by atoms with Crippen LogP contribution in [0.5, 0.6) is 0 Å². The van der Waals surface area contributed by atoms with E-state index in [4.69, 9.17) is 0 Å². The number of hydrogen-bond donors (Lipinski definition) is 0. The summed E-state index contributed by atoms with van der Waals surface area (Å²) in [5, 5.41) is 0. The standard InChI is InChI=1S/C18H26N6O/c1-4-15(5-2)18(25)23-10-8-22(9-11-23)16-12-17(21-13-20-16)24-7-6-19-14(24)3/h6-7,12-13,15H,4-5,8-11H2,1-3H3. The van der Waals surface area contributed by atoms with Gasteiger partial charge in [0.2, 0.25) is 5.91 Å². The molecule has 134 valence electrons. The summed E-state index contributed by atoms with van der Waals surface area (Å²) < 4.78 is 1.94. The van der Waals surface area contributed by atoms with Crippen LogP contribution in [0.25, 0.3) is 5.82 Å². The van der Waals surface area contributed by atoms with Crippen molar-refractivity contribution in [2.45, 2.75) is 33.6 Å². The number of imidazole rings is 1. The smallest absolute Gasteiger partial charge is 0.225 e. The molecular weight excluding hydrogens is 316 g/mol. The number of amides is 1. The van der Waals surface area contributed by atoms with E-state index < -0.39 is 0 Å². The van der Waals surface area contributed by atoms with Gasteiger partial charge in [0.25, 0.3) is 0 Å². The quantitative estimate of drug-likeness (QED) is 0.832. The van der Waals surface area contributed by atoms with Crippen LogP contribution in [0.4, 0.5) is 5.82 Å². The number of carbonyl (C=O) groups excluding carboxylic acids is 1. The van der Waals surface area contributed by atoms with Crippen LogP contribution in [0.2, 0.25) is 0 Å². The van der Waals surface area contributed by atoms with Crippen LogP contribution < -0.4 is 4.90 Å². The predicted octanol–water partition coefficient (Wildman–Crippen LogP) is 2.06. The summed E-state index contributed by atoms with van der Waals surface area (Å²) in [5.41, 5.74) is 0. The molecule has 25 heavy (non-hydrogen) atoms. The highest BCUT2D eigenvalue weighted by Crippen LogP contribution is 2.19. The van der Waals surface area contributed by atoms with Gasteiger partial charge in [-0.1, -0.05) is 13.8 Å². The molecule has 0 bridgehead atoms. The molecule has 1 aliphatic rings. The molecule has 1 fully saturated rings. The summed E-state index contributed by atoms with van der Waals surface area (Å²) in [6, 6.07) is 1.98. The second kappa shape index (κ2) is 7.63. The highest BCUT2D eigenvalue weighted by atomic mass is 16.2. The second-order valence-corrected chi connectivity index (χ2v) is 6.40. The molecule has 0 unspecified atom stereocenters. The first-order valence-corrected chi connectivity index (χ1v) is 9.00. The molecule has 7 nitrogen and oxygen atoms in total. The van der Waals surface area contributed by atoms with Crippen molar-refractivity contribution in [2.75, 3.05) is 31.1 Å². The number of hydrogen-bond acceptors (Lipinski definition) is 5. The van der Waals surface area contributed by atoms with Gasteiger partial charge in [0.05, 0.1) is 0 Å². The molecule has 0 N–H and O–H groups in total. The predicted molar refractivity (Wildman–Crippen MR) is 96.8 cm³/mol. The average molecular weight is 342 g/mol. The first kappa shape index (κ1) is 17.4. The molecule has 0 saturated carbocycles. The van der Waals surface area contributed by atoms with E-state index in [0.29, 0.717) is 5.91 Å². The van der Waals surface area contributed by atoms with Gasteiger partial charge in [-0.05, 0) is 19.8 Å². The number of rotatable bonds is 5. The lowest BCUT2D eigenvalue weighted by molar-refractivity contribution is -0.136. The van der Waals surface area contributed by atoms with Crippen molar-refractivity contribution in [3.05, 3.63) is 30.6 Å². The van der Waals surface area contributed by atoms with Crippen molar-refractivity contribution < 1.29 is 4.79 Å². The molecular formula is C18H26N6O. The van der Waals surface area contributed by atoms with E-state index in [-0.39, 0.29) is 5.92 Å². The molecule has 1 aliphatic heterocycles. The Balaban J connectivity index is 1.67. The first-order chi connectivity index (χ1) is 12.1. The van der Waals surface area contributed by atoms with Crippen molar-refractivity contribution in [1.82, 2.24) is 24.4 Å². The third-order valence-corrected chi connectivity index (χ3v) is 4.96. The Kier molecular flexibility index (Phi) is 5.31. The van der Waals surface area contributed by atoms with Crippen LogP contribution in [0.15, 0.2) is 24.8 Å². The minimum absolute atomic E-state index is 0.154. The number of piperazine rings is 1. The van der Waals surface area contributed by atoms with Gasteiger partial charge in [-0.3, -0.25) is 9.36 Å². The Morgan fingerprint density at radius 2 is 1.76 bits per heavy atom. The fourth-order valence-corrected chi connectivity index (χ4v) is 3.31. The van der Waals surface area contributed by atoms with E-state index in [0.717, 1.165) is 56.5 Å². The van der Waals surface area contributed by atoms with Crippen molar-refractivity contribution >= 4 is 11.7 Å². The van der Waals surface area contributed by atoms with Crippen LogP contribution in [-0.2, 0) is 4.79 Å². The maximum absolute atomic E-state index is 12.5. The normalized spacial score (nSPS) is 15.0. The number of aromatic nitrogens is 4. The Hall–Kier alpha value is -2.44. The lowest BCUT2D eigenvalue weighted by Crippen LogP contribution is -2.50. The monoisotopic (exact) mass is 342 g/mol. The minimum Gasteiger partial charge on any atom is -0.353 e. The van der Waals surface area contributed by atoms with Gasteiger partial charge in [0.15, 0.2) is 0 Å². The molecule has 0 aromatic carbocycles. The molecule has 2 aromatic rings. The van der Waals surface area contributed by atoms with E-state index in [1.54, 1.807) is 12.5 Å². The van der Waals surface area contributed by atoms with Crippen LogP contribution in [0.3, 0.4) is 0 Å². The first-order valence-electron chi connectivity index (χ1n) is 9.00. The summed E-state index contributed by atoms with van der Waals surface area (Å²) in [7, 11) is 0. The van der Waals surface area contributed by atoms with Crippen molar-refractivity contribution in [3.8, 4) is 5.82 Å². The Morgan fingerprint density at radius 1 is 1.08 bits per heavy atom. The molecule has 1 saturated heterocycles. The lowest BCUT2D eigenvalue weighted by Gasteiger charge is -2.36. The number of nitrogens with zero attached hydrogens (tertiary/aromatic N) is 6. The van der Waals surface area contributed by atoms with Crippen LogP contribution >= 0.6 is 0 Å². The molecule has 1 amide bonds. The molecule has 0 aliphatic carbocycles. The van der Waals surface area contributed by atoms with Crippen molar-refractivity contribution in [3.63, 3.8) is 0 Å². The van der Waals surface area contributed by atoms with Crippen molar-refractivity contribution in [2.24, 2.45) is 5.92 Å². The zero-order valence-corrected chi connectivity index (χ0v) is 15.2. The van der Waals surface area contributed by atoms with Gasteiger partial charge in [-0.25, -0.2) is 15.0 Å². The Labute approximate surface area is 148 Å². The van der Waals surface area contributed by atoms with Gasteiger partial charge in [0, 0.05) is 50.6 Å². The molecule has 0 spiro atoms. The van der Waals surface area contributed by atoms with Gasteiger partial charge < -0.3 is 9.80 Å². The fourth-order valence-electron chi connectivity index (χ4n) is 3.31. The van der Waals surface area contributed by atoms with E-state index in [2.05, 4.69) is 33.7 Å². The minimum atomic E-state index is 0.154. The Bertz CT molecular complexity index is 716. The van der Waals surface area contributed by atoms with Gasteiger partial charge in [0.1, 0.15) is 23.8 Å². The molecule has 3 heterocycles. The molecule has 2 aromatic heterocycles. The van der Waals surface area contributed by atoms with E-state index in [9.17, 15) is 4.79 Å². The summed E-state index contributed by atoms with van der Waals surface area (Å²) in [6.45, 7) is 9.21. The highest BCUT2D eigenvalue weighted by molar-refractivity contribution is 5.79. The third kappa shape index (κ3) is 3.65. The zero-order chi connectivity index (χ0) is 17.8. The fraction of sp³-hybridized carbons (Fsp3) is 0.556. The summed E-state index contributed by atoms with van der Waals surface area (Å²) in [5.74, 6) is 3.05. The molecule has 7 heteroatoms. The number of anilines is 1. The van der Waals surface area contributed by atoms with Crippen LogP contribution in [-0.4, -0.2) is 56.5 Å². The lowest BCUT2D eigenvalue weighted by atomic mass is 10.0. The van der Waals surface area contributed by atoms with Crippen LogP contribution in [0, 0.1) is 12.8 Å². The summed E-state index contributed by atoms with van der Waals surface area (Å²) in [6.07, 6.45) is 7.07. The van der Waals surface area contributed by atoms with Crippen molar-refractivity contribution in [1.29, 1.82) is 0 Å². The molecule has 3 rings (SSSR count). The average Bonchev–Trinajstić information content (AvgIpc) is 3.09. The maximum atomic E-state index is 12.5. The largest absolute Gasteiger partial charge is 0.353 e. The summed E-state index contributed by atoms with van der Waals surface area (Å²) in [4.78, 5) is 29.7. The number of aryl methyl sites for hydroxylation is 1. The van der Waals surface area contributed by atoms with E-state index in [1.807, 2.05) is 28.7 Å². The number of carbonyl (C=O) groups is 1. The van der Waals surface area contributed by atoms with E-state index in [1.165, 1.54) is 0 Å². The molecule has 0 radical (unpaired) electrons. The molecule has 0 atom stereocenters. The van der Waals surface area contributed by atoms with Gasteiger partial charge in [-0.15, -0.1) is 0 Å². The Morgan fingerprint density at radius 3 is 2.36 bits per heavy atom. The van der Waals surface area contributed by atoms with Gasteiger partial charge in [-0.2, -0.15) is 0 Å². The second-order valence-electron chi connectivity index (χ2n) is 6.40. The SMILES string of the molecule is CCC(CC)C(=O)N1CCN(c2cc(-n3ccnc3C)ncn2)CC1. The van der Waals surface area contributed by atoms with Gasteiger partial charge >= 0.3 is 0 Å². The zero-order valence-electron chi connectivity index (χ0n) is 15.2. The topological polar surface area (TPSA) is 67.2 Å². The maximum Gasteiger partial charge on any atom is 0.225 e. The summed E-state index contributed by atoms with van der Waals surface area (Å²) >= 11 is 0. The van der Waals surface area contributed by atoms with Crippen LogP contribution in [0.1, 0.15) is 32.5 Å².